The molecule has 1 N–H and O–H groups in total. The molecule has 0 aliphatic heterocycles. The third-order valence-electron chi connectivity index (χ3n) is 2.70. The van der Waals surface area contributed by atoms with Crippen molar-refractivity contribution in [2.75, 3.05) is 0 Å². The van der Waals surface area contributed by atoms with Gasteiger partial charge in [-0.3, -0.25) is 4.79 Å². The maximum atomic E-state index is 12.1. The molecule has 0 amide bonds. The van der Waals surface area contributed by atoms with Gasteiger partial charge in [-0.15, -0.1) is 11.3 Å². The molecule has 8 heteroatoms. The first-order chi connectivity index (χ1) is 9.93. The van der Waals surface area contributed by atoms with Gasteiger partial charge >= 0.3 is 11.9 Å². The van der Waals surface area contributed by atoms with Gasteiger partial charge in [-0.25, -0.2) is 9.59 Å². The van der Waals surface area contributed by atoms with Crippen LogP contribution in [-0.4, -0.2) is 27.8 Å². The zero-order chi connectivity index (χ0) is 15.6. The lowest BCUT2D eigenvalue weighted by Crippen LogP contribution is -2.17. The van der Waals surface area contributed by atoms with E-state index in [0.717, 1.165) is 0 Å². The highest BCUT2D eigenvalue weighted by atomic mass is 32.1. The van der Waals surface area contributed by atoms with Crippen molar-refractivity contribution in [1.82, 2.24) is 4.57 Å². The van der Waals surface area contributed by atoms with Crippen LogP contribution >= 0.6 is 11.3 Å². The fourth-order valence-electron chi connectivity index (χ4n) is 1.80. The minimum absolute atomic E-state index is 0.273. The molecular formula is C13H12N2O5S. The summed E-state index contributed by atoms with van der Waals surface area (Å²) >= 11 is 1.26. The molecule has 0 saturated heterocycles. The Labute approximate surface area is 123 Å². The van der Waals surface area contributed by atoms with Gasteiger partial charge in [0.15, 0.2) is 0 Å². The van der Waals surface area contributed by atoms with Crippen LogP contribution in [0.4, 0.5) is 0 Å². The lowest BCUT2D eigenvalue weighted by molar-refractivity contribution is -0.140. The normalized spacial score (nSPS) is 11.1. The van der Waals surface area contributed by atoms with Crippen molar-refractivity contribution >= 4 is 39.7 Å². The summed E-state index contributed by atoms with van der Waals surface area (Å²) in [4.78, 5) is 39.5. The topological polar surface area (TPSA) is 98.0 Å². The Bertz CT molecular complexity index is 803. The number of carboxylic acid groups (broad SMARTS) is 1. The number of thiophene rings is 1. The lowest BCUT2D eigenvalue weighted by atomic mass is 10.2. The molecule has 0 aromatic carbocycles. The van der Waals surface area contributed by atoms with E-state index in [2.05, 4.69) is 9.99 Å². The number of aryl methyl sites for hydroxylation is 1. The highest BCUT2D eigenvalue weighted by molar-refractivity contribution is 7.20. The van der Waals surface area contributed by atoms with Crippen molar-refractivity contribution < 1.29 is 19.5 Å². The van der Waals surface area contributed by atoms with Crippen LogP contribution in [0.15, 0.2) is 22.2 Å². The molecule has 2 aromatic rings. The van der Waals surface area contributed by atoms with Gasteiger partial charge < -0.3 is 14.5 Å². The SMILES string of the molecule is CCn1cc(C(=O)O)c(=O)c2cc(C=NOC(C)=O)sc21. The Hall–Kier alpha value is -2.48. The molecule has 2 aromatic heterocycles. The molecule has 21 heavy (non-hydrogen) atoms. The first-order valence-corrected chi connectivity index (χ1v) is 6.87. The van der Waals surface area contributed by atoms with Crippen molar-refractivity contribution in [1.29, 1.82) is 0 Å². The molecule has 2 rings (SSSR count). The molecule has 0 atom stereocenters. The van der Waals surface area contributed by atoms with Crippen molar-refractivity contribution in [2.24, 2.45) is 5.16 Å². The highest BCUT2D eigenvalue weighted by Crippen LogP contribution is 2.23. The highest BCUT2D eigenvalue weighted by Gasteiger charge is 2.16. The average Bonchev–Trinajstić information content (AvgIpc) is 2.83. The van der Waals surface area contributed by atoms with E-state index in [1.54, 1.807) is 4.57 Å². The van der Waals surface area contributed by atoms with E-state index in [1.807, 2.05) is 6.92 Å². The molecule has 110 valence electrons. The van der Waals surface area contributed by atoms with Crippen LogP contribution in [0.1, 0.15) is 29.1 Å². The Morgan fingerprint density at radius 1 is 1.52 bits per heavy atom. The maximum absolute atomic E-state index is 12.1. The van der Waals surface area contributed by atoms with Gasteiger partial charge in [0.1, 0.15) is 10.4 Å². The second-order valence-electron chi connectivity index (χ2n) is 4.15. The minimum Gasteiger partial charge on any atom is -0.477 e. The predicted molar refractivity (Wildman–Crippen MR) is 78.1 cm³/mol. The number of carbonyl (C=O) groups excluding carboxylic acids is 1. The zero-order valence-electron chi connectivity index (χ0n) is 11.3. The summed E-state index contributed by atoms with van der Waals surface area (Å²) in [6, 6.07) is 1.54. The van der Waals surface area contributed by atoms with E-state index < -0.39 is 17.4 Å². The van der Waals surface area contributed by atoms with Crippen LogP contribution < -0.4 is 5.43 Å². The van der Waals surface area contributed by atoms with Crippen LogP contribution in [-0.2, 0) is 16.2 Å². The van der Waals surface area contributed by atoms with Gasteiger partial charge in [0.25, 0.3) is 0 Å². The quantitative estimate of drug-likeness (QED) is 0.526. The van der Waals surface area contributed by atoms with Gasteiger partial charge in [0, 0.05) is 19.7 Å². The van der Waals surface area contributed by atoms with E-state index in [0.29, 0.717) is 21.6 Å². The van der Waals surface area contributed by atoms with E-state index >= 15 is 0 Å². The summed E-state index contributed by atoms with van der Waals surface area (Å²) in [7, 11) is 0. The van der Waals surface area contributed by atoms with E-state index in [4.69, 9.17) is 5.11 Å². The Morgan fingerprint density at radius 3 is 2.81 bits per heavy atom. The second-order valence-corrected chi connectivity index (χ2v) is 5.21. The monoisotopic (exact) mass is 308 g/mol. The fraction of sp³-hybridized carbons (Fsp3) is 0.231. The van der Waals surface area contributed by atoms with Crippen LogP contribution in [0.3, 0.4) is 0 Å². The summed E-state index contributed by atoms with van der Waals surface area (Å²) in [5.74, 6) is -1.81. The lowest BCUT2D eigenvalue weighted by Gasteiger charge is -2.05. The summed E-state index contributed by atoms with van der Waals surface area (Å²) in [5, 5.41) is 12.9. The van der Waals surface area contributed by atoms with Crippen LogP contribution in [0, 0.1) is 0 Å². The number of hydrogen-bond acceptors (Lipinski definition) is 6. The molecule has 0 aliphatic carbocycles. The molecule has 0 radical (unpaired) electrons. The molecule has 0 bridgehead atoms. The Balaban J connectivity index is 2.58. The van der Waals surface area contributed by atoms with Gasteiger partial charge in [-0.05, 0) is 13.0 Å². The van der Waals surface area contributed by atoms with Crippen molar-refractivity contribution in [2.45, 2.75) is 20.4 Å². The van der Waals surface area contributed by atoms with Gasteiger partial charge in [-0.1, -0.05) is 5.16 Å². The van der Waals surface area contributed by atoms with Gasteiger partial charge in [0.2, 0.25) is 5.43 Å². The zero-order valence-corrected chi connectivity index (χ0v) is 12.1. The Morgan fingerprint density at radius 2 is 2.24 bits per heavy atom. The van der Waals surface area contributed by atoms with Crippen LogP contribution in [0.5, 0.6) is 0 Å². The first-order valence-electron chi connectivity index (χ1n) is 6.05. The van der Waals surface area contributed by atoms with E-state index in [1.165, 1.54) is 36.7 Å². The number of carboxylic acids is 1. The number of aromatic carboxylic acids is 1. The number of carbonyl (C=O) groups is 2. The number of rotatable bonds is 4. The van der Waals surface area contributed by atoms with Crippen LogP contribution in [0.2, 0.25) is 0 Å². The first kappa shape index (κ1) is 14.9. The summed E-state index contributed by atoms with van der Waals surface area (Å²) < 4.78 is 1.69. The molecule has 0 aliphatic rings. The number of fused-ring (bicyclic) bond motifs is 1. The number of aromatic nitrogens is 1. The smallest absolute Gasteiger partial charge is 0.341 e. The van der Waals surface area contributed by atoms with E-state index in [9.17, 15) is 14.4 Å². The number of pyridine rings is 1. The third-order valence-corrected chi connectivity index (χ3v) is 3.81. The molecule has 0 spiro atoms. The van der Waals surface area contributed by atoms with Crippen molar-refractivity contribution in [3.05, 3.63) is 32.9 Å². The van der Waals surface area contributed by atoms with E-state index in [-0.39, 0.29) is 5.56 Å². The molecular weight excluding hydrogens is 296 g/mol. The molecule has 0 unspecified atom stereocenters. The summed E-state index contributed by atoms with van der Waals surface area (Å²) in [6.45, 7) is 3.60. The molecule has 2 heterocycles. The van der Waals surface area contributed by atoms with Gasteiger partial charge in [0.05, 0.1) is 16.5 Å². The van der Waals surface area contributed by atoms with Crippen molar-refractivity contribution in [3.8, 4) is 0 Å². The summed E-state index contributed by atoms with van der Waals surface area (Å²) in [6.07, 6.45) is 2.64. The fourth-order valence-corrected chi connectivity index (χ4v) is 2.85. The molecule has 0 saturated carbocycles. The molecule has 7 nitrogen and oxygen atoms in total. The summed E-state index contributed by atoms with van der Waals surface area (Å²) in [5.41, 5.74) is -0.809. The standard InChI is InChI=1S/C13H12N2O5S/c1-3-15-6-10(13(18)19)11(17)9-4-8(21-12(9)15)5-14-20-7(2)16/h4-6H,3H2,1-2H3,(H,18,19). The minimum atomic E-state index is -1.26. The second kappa shape index (κ2) is 5.88. The average molecular weight is 308 g/mol. The van der Waals surface area contributed by atoms with Crippen molar-refractivity contribution in [3.63, 3.8) is 0 Å². The molecule has 0 fully saturated rings. The number of oxime groups is 1. The van der Waals surface area contributed by atoms with Crippen LogP contribution in [0.25, 0.3) is 10.2 Å². The Kier molecular flexibility index (Phi) is 4.18. The number of nitrogens with zero attached hydrogens (tertiary/aromatic N) is 2. The predicted octanol–water partition coefficient (Wildman–Crippen LogP) is 1.68. The number of hydrogen-bond donors (Lipinski definition) is 1. The largest absolute Gasteiger partial charge is 0.477 e. The third kappa shape index (κ3) is 3.00. The van der Waals surface area contributed by atoms with Gasteiger partial charge in [-0.2, -0.15) is 0 Å². The maximum Gasteiger partial charge on any atom is 0.341 e.